The van der Waals surface area contributed by atoms with Gasteiger partial charge in [0.2, 0.25) is 5.91 Å². The van der Waals surface area contributed by atoms with Gasteiger partial charge in [-0.25, -0.2) is 13.9 Å². The van der Waals surface area contributed by atoms with Gasteiger partial charge in [0.15, 0.2) is 0 Å². The Kier molecular flexibility index (Phi) is 8.29. The molecule has 0 bridgehead atoms. The van der Waals surface area contributed by atoms with Crippen LogP contribution in [0.25, 0.3) is 21.0 Å². The van der Waals surface area contributed by atoms with E-state index in [4.69, 9.17) is 0 Å². The van der Waals surface area contributed by atoms with E-state index in [-0.39, 0.29) is 17.1 Å². The predicted molar refractivity (Wildman–Crippen MR) is 137 cm³/mol. The number of nitrogens with zero attached hydrogens (tertiary/aromatic N) is 2. The predicted octanol–water partition coefficient (Wildman–Crippen LogP) is 5.92. The number of carbonyl (C=O) groups excluding carboxylic acids is 1. The normalized spacial score (nSPS) is 12.4. The number of thiazole rings is 1. The van der Waals surface area contributed by atoms with E-state index < -0.39 is 15.9 Å². The molecule has 3 aromatic rings. The highest BCUT2D eigenvalue weighted by Crippen LogP contribution is 2.36. The lowest BCUT2D eigenvalue weighted by molar-refractivity contribution is -0.384. The number of nitro groups is 1. The van der Waals surface area contributed by atoms with Crippen LogP contribution in [0.2, 0.25) is 0 Å². The van der Waals surface area contributed by atoms with Crippen LogP contribution < -0.4 is 10.0 Å². The maximum atomic E-state index is 13.3. The van der Waals surface area contributed by atoms with Crippen LogP contribution in [0.1, 0.15) is 47.0 Å². The zero-order chi connectivity index (χ0) is 24.9. The lowest BCUT2D eigenvalue weighted by Crippen LogP contribution is -2.37. The Balaban J connectivity index is 1.95. The first kappa shape index (κ1) is 25.7. The molecule has 0 aliphatic rings. The van der Waals surface area contributed by atoms with Gasteiger partial charge in [0, 0.05) is 47.1 Å². The molecule has 0 saturated heterocycles. The summed E-state index contributed by atoms with van der Waals surface area (Å²) in [6.07, 6.45) is 3.87. The number of rotatable bonds is 9. The summed E-state index contributed by atoms with van der Waals surface area (Å²) >= 11 is 1.40. The number of hydrogen-bond acceptors (Lipinski definition) is 6. The summed E-state index contributed by atoms with van der Waals surface area (Å²) in [5.74, 6) is -0.0756. The second-order valence-electron chi connectivity index (χ2n) is 8.82. The van der Waals surface area contributed by atoms with Crippen LogP contribution in [0, 0.1) is 10.1 Å². The largest absolute Gasteiger partial charge is 0.326 e. The Hall–Kier alpha value is -2.95. The minimum atomic E-state index is -1.54. The van der Waals surface area contributed by atoms with Crippen LogP contribution in [0.5, 0.6) is 0 Å². The molecule has 34 heavy (non-hydrogen) atoms. The number of amides is 1. The van der Waals surface area contributed by atoms with Gasteiger partial charge < -0.3 is 5.32 Å². The van der Waals surface area contributed by atoms with E-state index in [1.165, 1.54) is 23.5 Å². The molecule has 0 radical (unpaired) electrons. The molecular formula is C24H28N4O4S2. The highest BCUT2D eigenvalue weighted by Gasteiger charge is 2.20. The first-order chi connectivity index (χ1) is 16.1. The molecule has 8 nitrogen and oxygen atoms in total. The highest BCUT2D eigenvalue weighted by molar-refractivity contribution is 7.83. The number of nitro benzene ring substituents is 1. The molecule has 0 aliphatic carbocycles. The number of unbranched alkanes of at least 4 members (excludes halogenated alkanes) is 1. The number of anilines is 1. The summed E-state index contributed by atoms with van der Waals surface area (Å²) < 4.78 is 16.3. The summed E-state index contributed by atoms with van der Waals surface area (Å²) in [6, 6.07) is 11.6. The third-order valence-corrected chi connectivity index (χ3v) is 7.33. The van der Waals surface area contributed by atoms with Crippen molar-refractivity contribution in [3.8, 4) is 21.0 Å². The monoisotopic (exact) mass is 500 g/mol. The molecule has 0 fully saturated rings. The third kappa shape index (κ3) is 6.78. The molecule has 3 rings (SSSR count). The first-order valence-corrected chi connectivity index (χ1v) is 12.9. The van der Waals surface area contributed by atoms with Crippen LogP contribution in [0.3, 0.4) is 0 Å². The maximum Gasteiger partial charge on any atom is 0.269 e. The van der Waals surface area contributed by atoms with Crippen molar-refractivity contribution in [2.45, 2.75) is 57.4 Å². The van der Waals surface area contributed by atoms with E-state index >= 15 is 0 Å². The molecule has 180 valence electrons. The Morgan fingerprint density at radius 1 is 1.18 bits per heavy atom. The van der Waals surface area contributed by atoms with E-state index in [2.05, 4.69) is 15.0 Å². The zero-order valence-electron chi connectivity index (χ0n) is 19.6. The number of non-ortho nitro benzene ring substituents is 1. The molecule has 0 saturated carbocycles. The van der Waals surface area contributed by atoms with E-state index in [0.29, 0.717) is 22.0 Å². The number of hydrogen-bond donors (Lipinski definition) is 2. The molecule has 1 amide bonds. The van der Waals surface area contributed by atoms with Crippen molar-refractivity contribution in [2.24, 2.45) is 0 Å². The van der Waals surface area contributed by atoms with E-state index in [1.54, 1.807) is 30.5 Å². The van der Waals surface area contributed by atoms with Crippen molar-refractivity contribution in [1.82, 2.24) is 9.71 Å². The second kappa shape index (κ2) is 11.0. The topological polar surface area (TPSA) is 114 Å². The third-order valence-electron chi connectivity index (χ3n) is 4.72. The fourth-order valence-electron chi connectivity index (χ4n) is 3.11. The zero-order valence-corrected chi connectivity index (χ0v) is 21.2. The lowest BCUT2D eigenvalue weighted by Gasteiger charge is -2.21. The molecule has 0 aliphatic heterocycles. The minimum absolute atomic E-state index is 0.0167. The van der Waals surface area contributed by atoms with Crippen molar-refractivity contribution >= 4 is 39.6 Å². The molecule has 2 aromatic carbocycles. The van der Waals surface area contributed by atoms with Crippen molar-refractivity contribution in [1.29, 1.82) is 0 Å². The Morgan fingerprint density at radius 2 is 1.88 bits per heavy atom. The van der Waals surface area contributed by atoms with E-state index in [1.807, 2.05) is 33.8 Å². The first-order valence-electron chi connectivity index (χ1n) is 10.9. The van der Waals surface area contributed by atoms with Gasteiger partial charge in [-0.1, -0.05) is 19.4 Å². The number of benzene rings is 2. The Bertz CT molecular complexity index is 1200. The van der Waals surface area contributed by atoms with Crippen molar-refractivity contribution < 1.29 is 13.9 Å². The van der Waals surface area contributed by atoms with Crippen LogP contribution in [-0.4, -0.2) is 25.6 Å². The molecule has 0 spiro atoms. The highest BCUT2D eigenvalue weighted by atomic mass is 32.2. The van der Waals surface area contributed by atoms with Gasteiger partial charge >= 0.3 is 0 Å². The smallest absolute Gasteiger partial charge is 0.269 e. The molecule has 1 heterocycles. The molecule has 1 unspecified atom stereocenters. The fourth-order valence-corrected chi connectivity index (χ4v) is 5.41. The average Bonchev–Trinajstić information content (AvgIpc) is 3.26. The van der Waals surface area contributed by atoms with Crippen LogP contribution in [-0.2, 0) is 15.8 Å². The summed E-state index contributed by atoms with van der Waals surface area (Å²) in [7, 11) is -1.54. The van der Waals surface area contributed by atoms with Crippen LogP contribution in [0.15, 0.2) is 53.6 Å². The van der Waals surface area contributed by atoms with Crippen molar-refractivity contribution in [3.63, 3.8) is 0 Å². The fraction of sp³-hybridized carbons (Fsp3) is 0.333. The standard InChI is InChI=1S/C24H28N4O4S2/c1-5-6-7-22(29)26-17-10-13-19(21(14-17)34(32)27-24(2,3)4)20-15-25-23(33-20)16-8-11-18(12-9-16)28(30)31/h8-15,27H,5-7H2,1-4H3,(H,26,29). The summed E-state index contributed by atoms with van der Waals surface area (Å²) in [4.78, 5) is 28.5. The van der Waals surface area contributed by atoms with Crippen molar-refractivity contribution in [2.75, 3.05) is 5.32 Å². The van der Waals surface area contributed by atoms with Gasteiger partial charge in [-0.3, -0.25) is 14.9 Å². The number of nitrogens with one attached hydrogen (secondary N) is 2. The quantitative estimate of drug-likeness (QED) is 0.279. The molecule has 10 heteroatoms. The maximum absolute atomic E-state index is 13.3. The Labute approximate surface area is 205 Å². The van der Waals surface area contributed by atoms with Gasteiger partial charge in [0.05, 0.1) is 14.7 Å². The number of aromatic nitrogens is 1. The van der Waals surface area contributed by atoms with E-state index in [0.717, 1.165) is 28.8 Å². The molecular weight excluding hydrogens is 472 g/mol. The average molecular weight is 501 g/mol. The summed E-state index contributed by atoms with van der Waals surface area (Å²) in [5, 5.41) is 14.5. The van der Waals surface area contributed by atoms with Gasteiger partial charge in [0.25, 0.3) is 5.69 Å². The number of carbonyl (C=O) groups is 1. The van der Waals surface area contributed by atoms with Gasteiger partial charge in [-0.15, -0.1) is 11.3 Å². The molecule has 2 N–H and O–H groups in total. The van der Waals surface area contributed by atoms with Crippen molar-refractivity contribution in [3.05, 3.63) is 58.8 Å². The lowest BCUT2D eigenvalue weighted by atomic mass is 10.1. The second-order valence-corrected chi connectivity index (χ2v) is 11.0. The van der Waals surface area contributed by atoms with Crippen LogP contribution in [0.4, 0.5) is 11.4 Å². The summed E-state index contributed by atoms with van der Waals surface area (Å²) in [6.45, 7) is 7.82. The SMILES string of the molecule is CCCCC(=O)Nc1ccc(-c2cnc(-c3ccc([N+](=O)[O-])cc3)s2)c(S(=O)NC(C)(C)C)c1. The molecule has 1 aromatic heterocycles. The van der Waals surface area contributed by atoms with Gasteiger partial charge in [0.1, 0.15) is 16.0 Å². The van der Waals surface area contributed by atoms with Gasteiger partial charge in [-0.2, -0.15) is 0 Å². The minimum Gasteiger partial charge on any atom is -0.326 e. The van der Waals surface area contributed by atoms with Gasteiger partial charge in [-0.05, 0) is 51.5 Å². The Morgan fingerprint density at radius 3 is 2.50 bits per heavy atom. The summed E-state index contributed by atoms with van der Waals surface area (Å²) in [5.41, 5.74) is 1.72. The van der Waals surface area contributed by atoms with E-state index in [9.17, 15) is 19.1 Å². The molecule has 1 atom stereocenters. The van der Waals surface area contributed by atoms with Crippen LogP contribution >= 0.6 is 11.3 Å².